The lowest BCUT2D eigenvalue weighted by atomic mass is 9.98. The van der Waals surface area contributed by atoms with Crippen molar-refractivity contribution in [3.63, 3.8) is 0 Å². The molecule has 0 fully saturated rings. The SMILES string of the molecule is CCCOc1ccccc1C[C@@H](C)CC. The molecule has 0 bridgehead atoms. The molecule has 1 heteroatoms. The topological polar surface area (TPSA) is 9.23 Å². The van der Waals surface area contributed by atoms with E-state index in [4.69, 9.17) is 4.74 Å². The highest BCUT2D eigenvalue weighted by Gasteiger charge is 2.06. The molecule has 15 heavy (non-hydrogen) atoms. The van der Waals surface area contributed by atoms with Gasteiger partial charge >= 0.3 is 0 Å². The van der Waals surface area contributed by atoms with Crippen LogP contribution in [0.25, 0.3) is 0 Å². The van der Waals surface area contributed by atoms with Crippen LogP contribution >= 0.6 is 0 Å². The smallest absolute Gasteiger partial charge is 0.122 e. The Hall–Kier alpha value is -0.980. The van der Waals surface area contributed by atoms with Crippen molar-refractivity contribution in [3.05, 3.63) is 29.8 Å². The van der Waals surface area contributed by atoms with Gasteiger partial charge in [0.25, 0.3) is 0 Å². The number of hydrogen-bond acceptors (Lipinski definition) is 1. The van der Waals surface area contributed by atoms with Gasteiger partial charge in [0.1, 0.15) is 5.75 Å². The number of hydrogen-bond donors (Lipinski definition) is 0. The van der Waals surface area contributed by atoms with E-state index in [0.717, 1.165) is 31.1 Å². The van der Waals surface area contributed by atoms with Crippen LogP contribution in [0, 0.1) is 5.92 Å². The second kappa shape index (κ2) is 6.49. The first kappa shape index (κ1) is 12.1. The monoisotopic (exact) mass is 206 g/mol. The van der Waals surface area contributed by atoms with Crippen LogP contribution in [0.3, 0.4) is 0 Å². The van der Waals surface area contributed by atoms with Crippen molar-refractivity contribution in [2.24, 2.45) is 5.92 Å². The van der Waals surface area contributed by atoms with Crippen molar-refractivity contribution in [2.75, 3.05) is 6.61 Å². The molecule has 1 nitrogen and oxygen atoms in total. The molecule has 0 radical (unpaired) electrons. The highest BCUT2D eigenvalue weighted by Crippen LogP contribution is 2.22. The molecule has 84 valence electrons. The summed E-state index contributed by atoms with van der Waals surface area (Å²) in [6.45, 7) is 7.48. The minimum Gasteiger partial charge on any atom is -0.493 e. The number of ether oxygens (including phenoxy) is 1. The maximum Gasteiger partial charge on any atom is 0.122 e. The van der Waals surface area contributed by atoms with Crippen molar-refractivity contribution in [1.82, 2.24) is 0 Å². The van der Waals surface area contributed by atoms with Gasteiger partial charge in [0.15, 0.2) is 0 Å². The summed E-state index contributed by atoms with van der Waals surface area (Å²) >= 11 is 0. The summed E-state index contributed by atoms with van der Waals surface area (Å²) in [6.07, 6.45) is 3.41. The molecular weight excluding hydrogens is 184 g/mol. The minimum absolute atomic E-state index is 0.733. The lowest BCUT2D eigenvalue weighted by Gasteiger charge is -2.13. The van der Waals surface area contributed by atoms with Gasteiger partial charge in [0.2, 0.25) is 0 Å². The Kier molecular flexibility index (Phi) is 5.23. The second-order valence-corrected chi connectivity index (χ2v) is 4.17. The number of benzene rings is 1. The molecule has 0 heterocycles. The van der Waals surface area contributed by atoms with Gasteiger partial charge in [-0.2, -0.15) is 0 Å². The van der Waals surface area contributed by atoms with E-state index in [2.05, 4.69) is 39.0 Å². The standard InChI is InChI=1S/C14H22O/c1-4-10-15-14-9-7-6-8-13(14)11-12(3)5-2/h6-9,12H,4-5,10-11H2,1-3H3/t12-/m0/s1. The highest BCUT2D eigenvalue weighted by molar-refractivity contribution is 5.33. The molecule has 1 rings (SSSR count). The molecule has 0 aliphatic rings. The Bertz CT molecular complexity index is 280. The molecule has 1 atom stereocenters. The lowest BCUT2D eigenvalue weighted by molar-refractivity contribution is 0.312. The van der Waals surface area contributed by atoms with Crippen molar-refractivity contribution in [1.29, 1.82) is 0 Å². The van der Waals surface area contributed by atoms with Crippen molar-refractivity contribution in [3.8, 4) is 5.75 Å². The van der Waals surface area contributed by atoms with Gasteiger partial charge in [0.05, 0.1) is 6.61 Å². The molecule has 1 aromatic rings. The maximum atomic E-state index is 5.73. The Balaban J connectivity index is 2.67. The van der Waals surface area contributed by atoms with E-state index in [1.807, 2.05) is 6.07 Å². The first-order chi connectivity index (χ1) is 7.27. The van der Waals surface area contributed by atoms with Crippen LogP contribution in [-0.4, -0.2) is 6.61 Å². The Labute approximate surface area is 93.5 Å². The van der Waals surface area contributed by atoms with Gasteiger partial charge in [-0.3, -0.25) is 0 Å². The average molecular weight is 206 g/mol. The fraction of sp³-hybridized carbons (Fsp3) is 0.571. The summed E-state index contributed by atoms with van der Waals surface area (Å²) in [6, 6.07) is 8.39. The predicted molar refractivity (Wildman–Crippen MR) is 65.4 cm³/mol. The average Bonchev–Trinajstić information content (AvgIpc) is 2.28. The van der Waals surface area contributed by atoms with E-state index in [-0.39, 0.29) is 0 Å². The lowest BCUT2D eigenvalue weighted by Crippen LogP contribution is -2.02. The molecule has 0 saturated carbocycles. The Morgan fingerprint density at radius 2 is 1.93 bits per heavy atom. The third-order valence-electron chi connectivity index (χ3n) is 2.70. The zero-order chi connectivity index (χ0) is 11.1. The third-order valence-corrected chi connectivity index (χ3v) is 2.70. The summed E-state index contributed by atoms with van der Waals surface area (Å²) in [5.41, 5.74) is 1.35. The van der Waals surface area contributed by atoms with E-state index >= 15 is 0 Å². The number of para-hydroxylation sites is 1. The summed E-state index contributed by atoms with van der Waals surface area (Å²) in [7, 11) is 0. The molecule has 0 saturated heterocycles. The molecule has 0 N–H and O–H groups in total. The van der Waals surface area contributed by atoms with E-state index in [1.165, 1.54) is 12.0 Å². The summed E-state index contributed by atoms with van der Waals surface area (Å²) < 4.78 is 5.73. The summed E-state index contributed by atoms with van der Waals surface area (Å²) in [4.78, 5) is 0. The highest BCUT2D eigenvalue weighted by atomic mass is 16.5. The van der Waals surface area contributed by atoms with Gasteiger partial charge in [-0.05, 0) is 30.4 Å². The fourth-order valence-corrected chi connectivity index (χ4v) is 1.55. The van der Waals surface area contributed by atoms with Gasteiger partial charge in [-0.15, -0.1) is 0 Å². The fourth-order valence-electron chi connectivity index (χ4n) is 1.55. The minimum atomic E-state index is 0.733. The van der Waals surface area contributed by atoms with Gasteiger partial charge in [0, 0.05) is 0 Å². The second-order valence-electron chi connectivity index (χ2n) is 4.17. The van der Waals surface area contributed by atoms with Crippen molar-refractivity contribution >= 4 is 0 Å². The summed E-state index contributed by atoms with van der Waals surface area (Å²) in [5.74, 6) is 1.80. The zero-order valence-electron chi connectivity index (χ0n) is 10.1. The quantitative estimate of drug-likeness (QED) is 0.682. The first-order valence-electron chi connectivity index (χ1n) is 5.98. The predicted octanol–water partition coefficient (Wildman–Crippen LogP) is 4.06. The van der Waals surface area contributed by atoms with Crippen LogP contribution in [-0.2, 0) is 6.42 Å². The first-order valence-corrected chi connectivity index (χ1v) is 5.98. The van der Waals surface area contributed by atoms with Crippen LogP contribution in [0.1, 0.15) is 39.2 Å². The van der Waals surface area contributed by atoms with Gasteiger partial charge in [-0.25, -0.2) is 0 Å². The van der Waals surface area contributed by atoms with Crippen LogP contribution in [0.2, 0.25) is 0 Å². The third kappa shape index (κ3) is 3.94. The molecule has 1 aromatic carbocycles. The van der Waals surface area contributed by atoms with Gasteiger partial charge in [-0.1, -0.05) is 45.4 Å². The normalized spacial score (nSPS) is 12.5. The van der Waals surface area contributed by atoms with E-state index in [9.17, 15) is 0 Å². The van der Waals surface area contributed by atoms with E-state index < -0.39 is 0 Å². The molecule has 0 aliphatic heterocycles. The molecule has 0 aromatic heterocycles. The molecule has 0 unspecified atom stereocenters. The van der Waals surface area contributed by atoms with E-state index in [1.54, 1.807) is 0 Å². The van der Waals surface area contributed by atoms with Crippen molar-refractivity contribution in [2.45, 2.75) is 40.0 Å². The van der Waals surface area contributed by atoms with Crippen LogP contribution in [0.5, 0.6) is 5.75 Å². The van der Waals surface area contributed by atoms with Crippen LogP contribution in [0.15, 0.2) is 24.3 Å². The molecule has 0 aliphatic carbocycles. The number of rotatable bonds is 6. The zero-order valence-corrected chi connectivity index (χ0v) is 10.1. The summed E-state index contributed by atoms with van der Waals surface area (Å²) in [5, 5.41) is 0. The van der Waals surface area contributed by atoms with Crippen LogP contribution in [0.4, 0.5) is 0 Å². The van der Waals surface area contributed by atoms with E-state index in [0.29, 0.717) is 0 Å². The Morgan fingerprint density at radius 3 is 2.60 bits per heavy atom. The molecule has 0 spiro atoms. The molecular formula is C14H22O. The van der Waals surface area contributed by atoms with Gasteiger partial charge < -0.3 is 4.74 Å². The molecule has 0 amide bonds. The van der Waals surface area contributed by atoms with Crippen molar-refractivity contribution < 1.29 is 4.74 Å². The largest absolute Gasteiger partial charge is 0.493 e. The maximum absolute atomic E-state index is 5.73. The van der Waals surface area contributed by atoms with Crippen LogP contribution < -0.4 is 4.74 Å². The Morgan fingerprint density at radius 1 is 1.20 bits per heavy atom.